The number of rotatable bonds is 5. The Hall–Kier alpha value is -2.62. The highest BCUT2D eigenvalue weighted by Crippen LogP contribution is 2.31. The number of ether oxygens (including phenoxy) is 1. The fourth-order valence-corrected chi connectivity index (χ4v) is 3.27. The van der Waals surface area contributed by atoms with Crippen LogP contribution in [0.3, 0.4) is 0 Å². The number of benzene rings is 1. The normalized spacial score (nSPS) is 18.8. The zero-order valence-corrected chi connectivity index (χ0v) is 14.1. The van der Waals surface area contributed by atoms with Gasteiger partial charge < -0.3 is 10.1 Å². The van der Waals surface area contributed by atoms with Crippen LogP contribution < -0.4 is 10.1 Å². The van der Waals surface area contributed by atoms with Gasteiger partial charge in [-0.3, -0.25) is 29.6 Å². The van der Waals surface area contributed by atoms with Crippen LogP contribution in [-0.4, -0.2) is 53.3 Å². The number of hydrogen-bond donors (Lipinski definition) is 1. The molecular formula is C14H16N4O5S. The molecule has 1 aromatic rings. The zero-order chi connectivity index (χ0) is 17.9. The number of amidine groups is 1. The second kappa shape index (κ2) is 7.30. The molecule has 0 radical (unpaired) electrons. The molecule has 0 aromatic heterocycles. The molecule has 1 fully saturated rings. The monoisotopic (exact) mass is 352 g/mol. The Labute approximate surface area is 142 Å². The summed E-state index contributed by atoms with van der Waals surface area (Å²) in [6, 6.07) is 3.88. The molecule has 0 saturated carbocycles. The quantitative estimate of drug-likeness (QED) is 0.634. The van der Waals surface area contributed by atoms with Crippen LogP contribution in [0.15, 0.2) is 23.2 Å². The first kappa shape index (κ1) is 17.7. The first-order valence-electron chi connectivity index (χ1n) is 6.90. The number of carbonyl (C=O) groups is 2. The predicted molar refractivity (Wildman–Crippen MR) is 90.4 cm³/mol. The fourth-order valence-electron chi connectivity index (χ4n) is 2.16. The number of anilines is 1. The number of nitro groups is 1. The molecule has 0 unspecified atom stereocenters. The summed E-state index contributed by atoms with van der Waals surface area (Å²) in [5.41, 5.74) is 0.165. The van der Waals surface area contributed by atoms with Gasteiger partial charge >= 0.3 is 0 Å². The minimum absolute atomic E-state index is 0.0347. The highest BCUT2D eigenvalue weighted by atomic mass is 32.2. The van der Waals surface area contributed by atoms with Crippen molar-refractivity contribution >= 4 is 40.1 Å². The Kier molecular flexibility index (Phi) is 5.39. The van der Waals surface area contributed by atoms with Gasteiger partial charge in [0.1, 0.15) is 11.0 Å². The van der Waals surface area contributed by atoms with Crippen LogP contribution in [0.1, 0.15) is 6.42 Å². The lowest BCUT2D eigenvalue weighted by molar-refractivity contribution is -0.384. The fraction of sp³-hybridized carbons (Fsp3) is 0.357. The van der Waals surface area contributed by atoms with E-state index < -0.39 is 16.1 Å². The summed E-state index contributed by atoms with van der Waals surface area (Å²) in [7, 11) is 4.54. The second-order valence-corrected chi connectivity index (χ2v) is 6.07. The van der Waals surface area contributed by atoms with Crippen molar-refractivity contribution in [3.63, 3.8) is 0 Å². The van der Waals surface area contributed by atoms with Gasteiger partial charge in [-0.05, 0) is 6.07 Å². The van der Waals surface area contributed by atoms with Gasteiger partial charge in [0.05, 0.1) is 23.8 Å². The third-order valence-corrected chi connectivity index (χ3v) is 4.69. The molecule has 2 amide bonds. The molecule has 1 aliphatic heterocycles. The SMILES string of the molecule is CN=C1S[C@H](CC(=O)Nc2ccc([N+](=O)[O-])cc2OC)C(=O)N1C. The van der Waals surface area contributed by atoms with E-state index >= 15 is 0 Å². The van der Waals surface area contributed by atoms with Gasteiger partial charge in [0.25, 0.3) is 5.69 Å². The number of hydrogen-bond acceptors (Lipinski definition) is 7. The highest BCUT2D eigenvalue weighted by Gasteiger charge is 2.36. The maximum Gasteiger partial charge on any atom is 0.273 e. The van der Waals surface area contributed by atoms with E-state index in [1.54, 1.807) is 14.1 Å². The van der Waals surface area contributed by atoms with Gasteiger partial charge in [-0.1, -0.05) is 11.8 Å². The minimum atomic E-state index is -0.552. The molecule has 9 nitrogen and oxygen atoms in total. The molecule has 0 aliphatic carbocycles. The van der Waals surface area contributed by atoms with Crippen molar-refractivity contribution in [1.82, 2.24) is 4.90 Å². The lowest BCUT2D eigenvalue weighted by Gasteiger charge is -2.11. The van der Waals surface area contributed by atoms with Crippen LogP contribution in [0.2, 0.25) is 0 Å². The number of thioether (sulfide) groups is 1. The van der Waals surface area contributed by atoms with E-state index in [0.717, 1.165) is 0 Å². The molecule has 24 heavy (non-hydrogen) atoms. The number of carbonyl (C=O) groups excluding carboxylic acids is 2. The average molecular weight is 352 g/mol. The molecule has 1 aromatic carbocycles. The molecule has 0 spiro atoms. The van der Waals surface area contributed by atoms with Crippen LogP contribution in [-0.2, 0) is 9.59 Å². The van der Waals surface area contributed by atoms with Gasteiger partial charge in [0.15, 0.2) is 5.17 Å². The number of nitro benzene ring substituents is 1. The summed E-state index contributed by atoms with van der Waals surface area (Å²) in [6.45, 7) is 0. The third kappa shape index (κ3) is 3.65. The summed E-state index contributed by atoms with van der Waals surface area (Å²) in [5, 5.41) is 13.4. The largest absolute Gasteiger partial charge is 0.494 e. The second-order valence-electron chi connectivity index (χ2n) is 4.90. The van der Waals surface area contributed by atoms with Crippen LogP contribution >= 0.6 is 11.8 Å². The molecule has 1 saturated heterocycles. The molecule has 1 atom stereocenters. The van der Waals surface area contributed by atoms with Gasteiger partial charge in [-0.2, -0.15) is 0 Å². The van der Waals surface area contributed by atoms with Gasteiger partial charge in [-0.25, -0.2) is 0 Å². The predicted octanol–water partition coefficient (Wildman–Crippen LogP) is 1.49. The lowest BCUT2D eigenvalue weighted by Crippen LogP contribution is -2.30. The molecule has 128 valence electrons. The Morgan fingerprint density at radius 2 is 2.25 bits per heavy atom. The number of methoxy groups -OCH3 is 1. The standard InChI is InChI=1S/C14H16N4O5S/c1-15-14-17(2)13(20)11(24-14)7-12(19)16-9-5-4-8(18(21)22)6-10(9)23-3/h4-6,11H,7H2,1-3H3,(H,16,19)/t11-/m1/s1. The number of aliphatic imine (C=N–C) groups is 1. The van der Waals surface area contributed by atoms with Crippen LogP contribution in [0.25, 0.3) is 0 Å². The summed E-state index contributed by atoms with van der Waals surface area (Å²) < 4.78 is 5.06. The highest BCUT2D eigenvalue weighted by molar-refractivity contribution is 8.15. The molecular weight excluding hydrogens is 336 g/mol. The Balaban J connectivity index is 2.08. The lowest BCUT2D eigenvalue weighted by atomic mass is 10.2. The number of amides is 2. The van der Waals surface area contributed by atoms with Crippen molar-refractivity contribution in [2.24, 2.45) is 4.99 Å². The molecule has 2 rings (SSSR count). The van der Waals surface area contributed by atoms with Gasteiger partial charge in [0.2, 0.25) is 11.8 Å². The van der Waals surface area contributed by atoms with Crippen LogP contribution in [0, 0.1) is 10.1 Å². The third-order valence-electron chi connectivity index (χ3n) is 3.37. The molecule has 1 heterocycles. The topological polar surface area (TPSA) is 114 Å². The number of non-ortho nitro benzene ring substituents is 1. The molecule has 1 N–H and O–H groups in total. The van der Waals surface area contributed by atoms with E-state index in [4.69, 9.17) is 4.74 Å². The van der Waals surface area contributed by atoms with Crippen molar-refractivity contribution in [3.05, 3.63) is 28.3 Å². The smallest absolute Gasteiger partial charge is 0.273 e. The van der Waals surface area contributed by atoms with Crippen molar-refractivity contribution in [2.75, 3.05) is 26.5 Å². The molecule has 0 bridgehead atoms. The zero-order valence-electron chi connectivity index (χ0n) is 13.3. The van der Waals surface area contributed by atoms with Gasteiger partial charge in [0, 0.05) is 26.6 Å². The summed E-state index contributed by atoms with van der Waals surface area (Å²) >= 11 is 1.23. The number of nitrogens with zero attached hydrogens (tertiary/aromatic N) is 3. The summed E-state index contributed by atoms with van der Waals surface area (Å²) in [5.74, 6) is -0.402. The Bertz CT molecular complexity index is 721. The van der Waals surface area contributed by atoms with Gasteiger partial charge in [-0.15, -0.1) is 0 Å². The maximum absolute atomic E-state index is 12.2. The van der Waals surface area contributed by atoms with Crippen LogP contribution in [0.5, 0.6) is 5.75 Å². The van der Waals surface area contributed by atoms with E-state index in [9.17, 15) is 19.7 Å². The average Bonchev–Trinajstić information content (AvgIpc) is 2.82. The van der Waals surface area contributed by atoms with Crippen LogP contribution in [0.4, 0.5) is 11.4 Å². The van der Waals surface area contributed by atoms with E-state index in [1.807, 2.05) is 0 Å². The van der Waals surface area contributed by atoms with Crippen molar-refractivity contribution in [2.45, 2.75) is 11.7 Å². The Morgan fingerprint density at radius 3 is 2.79 bits per heavy atom. The molecule has 1 aliphatic rings. The van der Waals surface area contributed by atoms with E-state index in [-0.39, 0.29) is 23.8 Å². The van der Waals surface area contributed by atoms with Crippen molar-refractivity contribution < 1.29 is 19.2 Å². The summed E-state index contributed by atoms with van der Waals surface area (Å²) in [4.78, 5) is 39.8. The van der Waals surface area contributed by atoms with E-state index in [2.05, 4.69) is 10.3 Å². The molecule has 10 heteroatoms. The first-order chi connectivity index (χ1) is 11.4. The Morgan fingerprint density at radius 1 is 1.54 bits per heavy atom. The maximum atomic E-state index is 12.2. The number of nitrogens with one attached hydrogen (secondary N) is 1. The van der Waals surface area contributed by atoms with E-state index in [1.165, 1.54) is 42.0 Å². The van der Waals surface area contributed by atoms with Crippen molar-refractivity contribution in [1.29, 1.82) is 0 Å². The first-order valence-corrected chi connectivity index (χ1v) is 7.78. The van der Waals surface area contributed by atoms with Crippen molar-refractivity contribution in [3.8, 4) is 5.75 Å². The van der Waals surface area contributed by atoms with E-state index in [0.29, 0.717) is 10.9 Å². The minimum Gasteiger partial charge on any atom is -0.494 e. The summed E-state index contributed by atoms with van der Waals surface area (Å²) in [6.07, 6.45) is -0.0347.